The van der Waals surface area contributed by atoms with Crippen molar-refractivity contribution in [3.8, 4) is 11.3 Å². The number of aryl methyl sites for hydroxylation is 1. The van der Waals surface area contributed by atoms with Crippen LogP contribution in [0.25, 0.3) is 11.3 Å². The van der Waals surface area contributed by atoms with E-state index in [4.69, 9.17) is 11.6 Å². The second-order valence-corrected chi connectivity index (χ2v) is 6.88. The molecule has 3 aromatic rings. The van der Waals surface area contributed by atoms with Crippen molar-refractivity contribution in [3.63, 3.8) is 0 Å². The number of hydrogen-bond acceptors (Lipinski definition) is 4. The fourth-order valence-electron chi connectivity index (χ4n) is 2.98. The molecular formula is C19H18ClN5O. The summed E-state index contributed by atoms with van der Waals surface area (Å²) < 4.78 is 0. The summed E-state index contributed by atoms with van der Waals surface area (Å²) in [6.07, 6.45) is 6.62. The molecule has 2 aromatic heterocycles. The van der Waals surface area contributed by atoms with Crippen LogP contribution in [0.5, 0.6) is 0 Å². The van der Waals surface area contributed by atoms with Crippen LogP contribution in [-0.2, 0) is 11.2 Å². The third-order valence-corrected chi connectivity index (χ3v) is 4.72. The highest BCUT2D eigenvalue weighted by Gasteiger charge is 2.32. The number of aromatic amines is 1. The SMILES string of the molecule is O=C(CCc1ccc(Cl)cc1)Nc1[nH]nc(-c2ccnnc2)c1C1CC1. The molecule has 0 saturated heterocycles. The summed E-state index contributed by atoms with van der Waals surface area (Å²) in [5.41, 5.74) is 3.90. The van der Waals surface area contributed by atoms with Crippen molar-refractivity contribution in [1.82, 2.24) is 20.4 Å². The van der Waals surface area contributed by atoms with Gasteiger partial charge in [0.1, 0.15) is 5.82 Å². The van der Waals surface area contributed by atoms with Gasteiger partial charge in [-0.3, -0.25) is 9.89 Å². The molecule has 0 aliphatic heterocycles. The van der Waals surface area contributed by atoms with E-state index in [0.717, 1.165) is 35.2 Å². The molecule has 1 amide bonds. The summed E-state index contributed by atoms with van der Waals surface area (Å²) in [5, 5.41) is 18.8. The zero-order valence-electron chi connectivity index (χ0n) is 14.1. The summed E-state index contributed by atoms with van der Waals surface area (Å²) in [7, 11) is 0. The summed E-state index contributed by atoms with van der Waals surface area (Å²) >= 11 is 5.89. The predicted molar refractivity (Wildman–Crippen MR) is 100.0 cm³/mol. The van der Waals surface area contributed by atoms with Gasteiger partial charge in [-0.25, -0.2) is 0 Å². The smallest absolute Gasteiger partial charge is 0.225 e. The molecule has 0 radical (unpaired) electrons. The minimum Gasteiger partial charge on any atom is -0.311 e. The normalized spacial score (nSPS) is 13.6. The van der Waals surface area contributed by atoms with E-state index in [9.17, 15) is 4.79 Å². The van der Waals surface area contributed by atoms with Gasteiger partial charge in [-0.2, -0.15) is 15.3 Å². The van der Waals surface area contributed by atoms with Gasteiger partial charge in [0.2, 0.25) is 5.91 Å². The molecule has 132 valence electrons. The van der Waals surface area contributed by atoms with Crippen molar-refractivity contribution in [2.24, 2.45) is 0 Å². The molecule has 26 heavy (non-hydrogen) atoms. The zero-order valence-corrected chi connectivity index (χ0v) is 14.8. The maximum atomic E-state index is 12.4. The van der Waals surface area contributed by atoms with Gasteiger partial charge in [0.15, 0.2) is 0 Å². The second kappa shape index (κ2) is 7.25. The van der Waals surface area contributed by atoms with Gasteiger partial charge in [0.05, 0.1) is 18.1 Å². The minimum absolute atomic E-state index is 0.0371. The van der Waals surface area contributed by atoms with Crippen LogP contribution in [0.1, 0.15) is 36.3 Å². The fraction of sp³-hybridized carbons (Fsp3) is 0.263. The third-order valence-electron chi connectivity index (χ3n) is 4.47. The van der Waals surface area contributed by atoms with Crippen molar-refractivity contribution in [1.29, 1.82) is 0 Å². The van der Waals surface area contributed by atoms with E-state index in [1.807, 2.05) is 30.3 Å². The molecular weight excluding hydrogens is 350 g/mol. The number of hydrogen-bond donors (Lipinski definition) is 2. The highest BCUT2D eigenvalue weighted by Crippen LogP contribution is 2.46. The van der Waals surface area contributed by atoms with Crippen LogP contribution in [0.3, 0.4) is 0 Å². The lowest BCUT2D eigenvalue weighted by Crippen LogP contribution is -2.13. The zero-order chi connectivity index (χ0) is 17.9. The molecule has 1 saturated carbocycles. The fourth-order valence-corrected chi connectivity index (χ4v) is 3.10. The number of amides is 1. The first-order valence-electron chi connectivity index (χ1n) is 8.60. The molecule has 0 atom stereocenters. The Labute approximate surface area is 156 Å². The monoisotopic (exact) mass is 367 g/mol. The lowest BCUT2D eigenvalue weighted by atomic mass is 10.1. The Balaban J connectivity index is 1.47. The van der Waals surface area contributed by atoms with Crippen LogP contribution < -0.4 is 5.32 Å². The highest BCUT2D eigenvalue weighted by atomic mass is 35.5. The molecule has 0 bridgehead atoms. The van der Waals surface area contributed by atoms with Gasteiger partial charge in [-0.1, -0.05) is 23.7 Å². The first kappa shape index (κ1) is 16.7. The lowest BCUT2D eigenvalue weighted by molar-refractivity contribution is -0.116. The molecule has 1 fully saturated rings. The van der Waals surface area contributed by atoms with Gasteiger partial charge >= 0.3 is 0 Å². The largest absolute Gasteiger partial charge is 0.311 e. The number of nitrogens with one attached hydrogen (secondary N) is 2. The Morgan fingerprint density at radius 2 is 2.00 bits per heavy atom. The van der Waals surface area contributed by atoms with E-state index in [1.165, 1.54) is 0 Å². The van der Waals surface area contributed by atoms with E-state index in [1.54, 1.807) is 12.4 Å². The van der Waals surface area contributed by atoms with Crippen LogP contribution >= 0.6 is 11.6 Å². The van der Waals surface area contributed by atoms with Crippen LogP contribution in [0, 0.1) is 0 Å². The third kappa shape index (κ3) is 3.75. The van der Waals surface area contributed by atoms with Gasteiger partial charge in [0.25, 0.3) is 0 Å². The summed E-state index contributed by atoms with van der Waals surface area (Å²) in [4.78, 5) is 12.4. The van der Waals surface area contributed by atoms with Gasteiger partial charge in [0, 0.05) is 22.6 Å². The average molecular weight is 368 g/mol. The molecule has 7 heteroatoms. The molecule has 1 aliphatic carbocycles. The van der Waals surface area contributed by atoms with E-state index in [-0.39, 0.29) is 5.91 Å². The van der Waals surface area contributed by atoms with E-state index in [0.29, 0.717) is 29.6 Å². The van der Waals surface area contributed by atoms with Crippen LogP contribution in [0.15, 0.2) is 42.7 Å². The summed E-state index contributed by atoms with van der Waals surface area (Å²) in [6.45, 7) is 0. The number of carbonyl (C=O) groups is 1. The standard InChI is InChI=1S/C19H18ClN5O/c20-15-6-1-12(2-7-15)3-8-16(26)23-19-17(13-4-5-13)18(24-25-19)14-9-10-21-22-11-14/h1-2,6-7,9-11,13H,3-5,8H2,(H2,23,24,25,26). The summed E-state index contributed by atoms with van der Waals surface area (Å²) in [6, 6.07) is 9.43. The number of benzene rings is 1. The number of halogens is 1. The highest BCUT2D eigenvalue weighted by molar-refractivity contribution is 6.30. The average Bonchev–Trinajstić information content (AvgIpc) is 3.42. The maximum absolute atomic E-state index is 12.4. The number of rotatable bonds is 6. The first-order valence-corrected chi connectivity index (χ1v) is 8.98. The van der Waals surface area contributed by atoms with Crippen LogP contribution in [0.2, 0.25) is 5.02 Å². The predicted octanol–water partition coefficient (Wildman–Crippen LogP) is 3.97. The lowest BCUT2D eigenvalue weighted by Gasteiger charge is -2.07. The Morgan fingerprint density at radius 3 is 2.69 bits per heavy atom. The molecule has 1 aliphatic rings. The molecule has 1 aromatic carbocycles. The molecule has 6 nitrogen and oxygen atoms in total. The maximum Gasteiger partial charge on any atom is 0.225 e. The number of anilines is 1. The second-order valence-electron chi connectivity index (χ2n) is 6.44. The van der Waals surface area contributed by atoms with Crippen molar-refractivity contribution < 1.29 is 4.79 Å². The van der Waals surface area contributed by atoms with Gasteiger partial charge < -0.3 is 5.32 Å². The van der Waals surface area contributed by atoms with E-state index >= 15 is 0 Å². The molecule has 0 unspecified atom stereocenters. The Kier molecular flexibility index (Phi) is 4.67. The number of nitrogens with zero attached hydrogens (tertiary/aromatic N) is 3. The Bertz CT molecular complexity index is 903. The van der Waals surface area contributed by atoms with E-state index in [2.05, 4.69) is 25.7 Å². The first-order chi connectivity index (χ1) is 12.7. The Morgan fingerprint density at radius 1 is 1.19 bits per heavy atom. The quantitative estimate of drug-likeness (QED) is 0.690. The molecule has 2 heterocycles. The van der Waals surface area contributed by atoms with Crippen molar-refractivity contribution >= 4 is 23.3 Å². The van der Waals surface area contributed by atoms with Gasteiger partial charge in [-0.15, -0.1) is 0 Å². The number of aromatic nitrogens is 4. The topological polar surface area (TPSA) is 83.6 Å². The molecule has 4 rings (SSSR count). The van der Waals surface area contributed by atoms with Gasteiger partial charge in [-0.05, 0) is 48.9 Å². The minimum atomic E-state index is -0.0371. The van der Waals surface area contributed by atoms with Crippen molar-refractivity contribution in [2.75, 3.05) is 5.32 Å². The van der Waals surface area contributed by atoms with Crippen molar-refractivity contribution in [2.45, 2.75) is 31.6 Å². The Hall–Kier alpha value is -2.73. The number of H-pyrrole nitrogens is 1. The van der Waals surface area contributed by atoms with Crippen LogP contribution in [-0.4, -0.2) is 26.3 Å². The summed E-state index contributed by atoms with van der Waals surface area (Å²) in [5.74, 6) is 1.09. The van der Waals surface area contributed by atoms with Crippen molar-refractivity contribution in [3.05, 3.63) is 58.9 Å². The number of carbonyl (C=O) groups excluding carboxylic acids is 1. The van der Waals surface area contributed by atoms with E-state index < -0.39 is 0 Å². The molecule has 2 N–H and O–H groups in total. The van der Waals surface area contributed by atoms with Crippen LogP contribution in [0.4, 0.5) is 5.82 Å². The molecule has 0 spiro atoms.